The number of hydrogen-bond acceptors (Lipinski definition) is 5. The molecule has 0 radical (unpaired) electrons. The molecule has 7 heteroatoms. The summed E-state index contributed by atoms with van der Waals surface area (Å²) in [5, 5.41) is 2.34. The van der Waals surface area contributed by atoms with Crippen molar-refractivity contribution < 1.29 is 19.1 Å². The van der Waals surface area contributed by atoms with Crippen molar-refractivity contribution in [1.82, 2.24) is 15.1 Å². The summed E-state index contributed by atoms with van der Waals surface area (Å²) >= 11 is 0. The number of carbonyl (C=O) groups excluding carboxylic acids is 3. The number of carbonyl (C=O) groups is 3. The van der Waals surface area contributed by atoms with Crippen molar-refractivity contribution in [3.8, 4) is 5.75 Å². The van der Waals surface area contributed by atoms with Crippen molar-refractivity contribution in [1.29, 1.82) is 0 Å². The van der Waals surface area contributed by atoms with E-state index in [1.165, 1.54) is 6.54 Å². The highest BCUT2D eigenvalue weighted by molar-refractivity contribution is 6.05. The highest BCUT2D eigenvalue weighted by Crippen LogP contribution is 2.52. The number of hydrogen-bond donors (Lipinski definition) is 1. The molecule has 29 heavy (non-hydrogen) atoms. The van der Waals surface area contributed by atoms with E-state index < -0.39 is 6.04 Å². The maximum absolute atomic E-state index is 12.8. The summed E-state index contributed by atoms with van der Waals surface area (Å²) in [4.78, 5) is 40.5. The van der Waals surface area contributed by atoms with Gasteiger partial charge in [0, 0.05) is 37.5 Å². The number of likely N-dealkylation sites (tertiary alicyclic amines) is 1. The molecule has 0 aromatic heterocycles. The summed E-state index contributed by atoms with van der Waals surface area (Å²) in [7, 11) is 0. The van der Waals surface area contributed by atoms with E-state index in [-0.39, 0.29) is 30.2 Å². The number of ether oxygens (including phenoxy) is 1. The molecule has 3 aliphatic heterocycles. The number of amides is 3. The van der Waals surface area contributed by atoms with Crippen LogP contribution in [0, 0.1) is 17.8 Å². The van der Waals surface area contributed by atoms with Crippen LogP contribution in [0.3, 0.4) is 0 Å². The lowest BCUT2D eigenvalue weighted by Crippen LogP contribution is -2.52. The van der Waals surface area contributed by atoms with Crippen LogP contribution in [-0.2, 0) is 16.1 Å². The number of rotatable bonds is 4. The average molecular weight is 397 g/mol. The first-order chi connectivity index (χ1) is 14.0. The topological polar surface area (TPSA) is 79.0 Å². The number of likely N-dealkylation sites (N-methyl/N-ethyl adjacent to an activating group) is 1. The zero-order chi connectivity index (χ0) is 20.3. The summed E-state index contributed by atoms with van der Waals surface area (Å²) in [6.45, 7) is 8.03. The molecular formula is C22H27N3O4. The van der Waals surface area contributed by atoms with Crippen LogP contribution in [0.15, 0.2) is 18.2 Å². The number of fused-ring (bicyclic) bond motifs is 2. The number of benzene rings is 1. The first-order valence-corrected chi connectivity index (χ1v) is 10.6. The fourth-order valence-electron chi connectivity index (χ4n) is 5.40. The van der Waals surface area contributed by atoms with Gasteiger partial charge in [-0.05, 0) is 48.6 Å². The third-order valence-electron chi connectivity index (χ3n) is 7.20. The molecule has 5 rings (SSSR count). The Labute approximate surface area is 170 Å². The zero-order valence-electron chi connectivity index (χ0n) is 16.9. The van der Waals surface area contributed by atoms with Crippen molar-refractivity contribution in [3.63, 3.8) is 0 Å². The average Bonchev–Trinajstić information content (AvgIpc) is 3.24. The normalized spacial score (nSPS) is 33.9. The Hall–Kier alpha value is -2.41. The summed E-state index contributed by atoms with van der Waals surface area (Å²) in [6, 6.07) is 5.05. The highest BCUT2D eigenvalue weighted by atomic mass is 16.5. The zero-order valence-corrected chi connectivity index (χ0v) is 16.9. The second kappa shape index (κ2) is 6.83. The van der Waals surface area contributed by atoms with Crippen LogP contribution in [0.2, 0.25) is 0 Å². The first kappa shape index (κ1) is 18.6. The summed E-state index contributed by atoms with van der Waals surface area (Å²) in [5.74, 6) is 2.05. The standard InChI is InChI=1S/C22H27N3O4/c1-3-24-10-16-12(2)20(16)18(11-24)29-14-4-5-15-13(8-14)9-25(22(15)28)17-6-7-19(26)23-21(17)27/h4-5,8,12,16-18,20H,3,6-7,9-11H2,1-2H3,(H,23,26,27)/t12-,16+,17?,18-,20-/m0/s1. The van der Waals surface area contributed by atoms with E-state index in [2.05, 4.69) is 24.1 Å². The van der Waals surface area contributed by atoms with Crippen LogP contribution < -0.4 is 10.1 Å². The minimum absolute atomic E-state index is 0.147. The largest absolute Gasteiger partial charge is 0.489 e. The lowest BCUT2D eigenvalue weighted by Gasteiger charge is -2.31. The molecule has 5 atom stereocenters. The van der Waals surface area contributed by atoms with Crippen LogP contribution in [0.1, 0.15) is 42.6 Å². The van der Waals surface area contributed by atoms with Gasteiger partial charge in [0.1, 0.15) is 17.9 Å². The third kappa shape index (κ3) is 3.12. The van der Waals surface area contributed by atoms with E-state index in [0.717, 1.165) is 30.3 Å². The molecular weight excluding hydrogens is 370 g/mol. The van der Waals surface area contributed by atoms with Crippen molar-refractivity contribution in [2.45, 2.75) is 45.4 Å². The quantitative estimate of drug-likeness (QED) is 0.778. The fraction of sp³-hybridized carbons (Fsp3) is 0.591. The number of imide groups is 1. The smallest absolute Gasteiger partial charge is 0.255 e. The number of nitrogens with one attached hydrogen (secondary N) is 1. The highest BCUT2D eigenvalue weighted by Gasteiger charge is 2.55. The molecule has 154 valence electrons. The number of nitrogens with zero attached hydrogens (tertiary/aromatic N) is 2. The van der Waals surface area contributed by atoms with Gasteiger partial charge in [-0.15, -0.1) is 0 Å². The van der Waals surface area contributed by atoms with Gasteiger partial charge < -0.3 is 9.64 Å². The van der Waals surface area contributed by atoms with Gasteiger partial charge >= 0.3 is 0 Å². The van der Waals surface area contributed by atoms with Gasteiger partial charge in [-0.1, -0.05) is 13.8 Å². The van der Waals surface area contributed by atoms with Gasteiger partial charge in [-0.25, -0.2) is 0 Å². The predicted octanol–water partition coefficient (Wildman–Crippen LogP) is 1.41. The molecule has 4 aliphatic rings. The summed E-state index contributed by atoms with van der Waals surface area (Å²) in [5.41, 5.74) is 1.51. The molecule has 1 aliphatic carbocycles. The van der Waals surface area contributed by atoms with E-state index >= 15 is 0 Å². The van der Waals surface area contributed by atoms with E-state index in [4.69, 9.17) is 4.74 Å². The van der Waals surface area contributed by atoms with Crippen LogP contribution in [-0.4, -0.2) is 59.3 Å². The van der Waals surface area contributed by atoms with Crippen LogP contribution in [0.5, 0.6) is 5.75 Å². The third-order valence-corrected chi connectivity index (χ3v) is 7.20. The Morgan fingerprint density at radius 1 is 1.21 bits per heavy atom. The Bertz CT molecular complexity index is 885. The maximum atomic E-state index is 12.8. The van der Waals surface area contributed by atoms with Crippen molar-refractivity contribution in [3.05, 3.63) is 29.3 Å². The first-order valence-electron chi connectivity index (χ1n) is 10.6. The van der Waals surface area contributed by atoms with Crippen molar-refractivity contribution in [2.75, 3.05) is 19.6 Å². The fourth-order valence-corrected chi connectivity index (χ4v) is 5.40. The molecule has 0 bridgehead atoms. The van der Waals surface area contributed by atoms with Gasteiger partial charge in [-0.2, -0.15) is 0 Å². The molecule has 3 heterocycles. The van der Waals surface area contributed by atoms with Gasteiger partial charge in [0.05, 0.1) is 0 Å². The molecule has 1 aromatic rings. The van der Waals surface area contributed by atoms with Gasteiger partial charge in [0.15, 0.2) is 0 Å². The minimum atomic E-state index is -0.582. The van der Waals surface area contributed by atoms with E-state index in [1.54, 1.807) is 4.90 Å². The number of piperidine rings is 2. The van der Waals surface area contributed by atoms with Crippen molar-refractivity contribution in [2.24, 2.45) is 17.8 Å². The molecule has 7 nitrogen and oxygen atoms in total. The molecule has 1 aromatic carbocycles. The van der Waals surface area contributed by atoms with E-state index in [9.17, 15) is 14.4 Å². The van der Waals surface area contributed by atoms with Gasteiger partial charge in [0.25, 0.3) is 5.91 Å². The lowest BCUT2D eigenvalue weighted by molar-refractivity contribution is -0.136. The Balaban J connectivity index is 1.31. The van der Waals surface area contributed by atoms with Crippen LogP contribution in [0.25, 0.3) is 0 Å². The Morgan fingerprint density at radius 2 is 2.03 bits per heavy atom. The van der Waals surface area contributed by atoms with Gasteiger partial charge in [0.2, 0.25) is 11.8 Å². The summed E-state index contributed by atoms with van der Waals surface area (Å²) in [6.07, 6.45) is 0.829. The Morgan fingerprint density at radius 3 is 2.79 bits per heavy atom. The van der Waals surface area contributed by atoms with Gasteiger partial charge in [-0.3, -0.25) is 24.6 Å². The Kier molecular flexibility index (Phi) is 4.38. The monoisotopic (exact) mass is 397 g/mol. The minimum Gasteiger partial charge on any atom is -0.489 e. The lowest BCUT2D eigenvalue weighted by atomic mass is 10.0. The van der Waals surface area contributed by atoms with Crippen molar-refractivity contribution >= 4 is 17.7 Å². The molecule has 1 saturated carbocycles. The SMILES string of the molecule is CCN1C[C@@H]2[C@H](C)[C@@H]2[C@@H](Oc2ccc3c(c2)CN(C2CCC(=O)NC2=O)C3=O)C1. The molecule has 3 amide bonds. The second-order valence-corrected chi connectivity index (χ2v) is 8.83. The molecule has 2 saturated heterocycles. The molecule has 1 N–H and O–H groups in total. The van der Waals surface area contributed by atoms with Crippen LogP contribution in [0.4, 0.5) is 0 Å². The van der Waals surface area contributed by atoms with Crippen LogP contribution >= 0.6 is 0 Å². The van der Waals surface area contributed by atoms with E-state index in [1.807, 2.05) is 18.2 Å². The summed E-state index contributed by atoms with van der Waals surface area (Å²) < 4.78 is 6.39. The molecule has 3 fully saturated rings. The van der Waals surface area contributed by atoms with E-state index in [0.29, 0.717) is 30.4 Å². The predicted molar refractivity (Wildman–Crippen MR) is 105 cm³/mol. The second-order valence-electron chi connectivity index (χ2n) is 8.83. The molecule has 1 unspecified atom stereocenters. The maximum Gasteiger partial charge on any atom is 0.255 e. The molecule has 0 spiro atoms.